The minimum Gasteiger partial charge on any atom is -0.439 e. The molecule has 4 aliphatic rings. The van der Waals surface area contributed by atoms with Crippen LogP contribution >= 0.6 is 0 Å². The summed E-state index contributed by atoms with van der Waals surface area (Å²) in [5.74, 6) is 0.599. The van der Waals surface area contributed by atoms with E-state index in [1.54, 1.807) is 4.90 Å². The molecule has 0 aromatic rings. The number of hydrogen-bond donors (Lipinski definition) is 0. The third-order valence-electron chi connectivity index (χ3n) is 3.93. The van der Waals surface area contributed by atoms with Gasteiger partial charge in [-0.3, -0.25) is 4.90 Å². The van der Waals surface area contributed by atoms with E-state index >= 15 is 0 Å². The van der Waals surface area contributed by atoms with Crippen molar-refractivity contribution < 1.29 is 9.53 Å². The number of carbonyl (C=O) groups excluding carboxylic acids is 1. The van der Waals surface area contributed by atoms with Crippen molar-refractivity contribution in [2.24, 2.45) is 5.92 Å². The average molecular weight is 196 g/mol. The van der Waals surface area contributed by atoms with Crippen LogP contribution in [0.2, 0.25) is 0 Å². The van der Waals surface area contributed by atoms with Crippen molar-refractivity contribution in [1.82, 2.24) is 9.80 Å². The second kappa shape index (κ2) is 2.63. The predicted octanol–water partition coefficient (Wildman–Crippen LogP) is 0.533. The highest BCUT2D eigenvalue weighted by Gasteiger charge is 2.54. The summed E-state index contributed by atoms with van der Waals surface area (Å²) in [6.07, 6.45) is 2.25. The smallest absolute Gasteiger partial charge is 0.410 e. The van der Waals surface area contributed by atoms with E-state index < -0.39 is 0 Å². The van der Waals surface area contributed by atoms with Crippen LogP contribution in [0.5, 0.6) is 0 Å². The Morgan fingerprint density at radius 3 is 2.50 bits per heavy atom. The van der Waals surface area contributed by atoms with Crippen molar-refractivity contribution in [1.29, 1.82) is 0 Å². The first-order valence-electron chi connectivity index (χ1n) is 5.36. The highest BCUT2D eigenvalue weighted by molar-refractivity contribution is 5.70. The topological polar surface area (TPSA) is 32.8 Å². The van der Waals surface area contributed by atoms with Gasteiger partial charge in [-0.2, -0.15) is 0 Å². The van der Waals surface area contributed by atoms with Gasteiger partial charge in [-0.1, -0.05) is 0 Å². The monoisotopic (exact) mass is 196 g/mol. The number of amides is 1. The summed E-state index contributed by atoms with van der Waals surface area (Å²) in [7, 11) is 1.83. The Kier molecular flexibility index (Phi) is 1.60. The second-order valence-corrected chi connectivity index (χ2v) is 4.84. The minimum absolute atomic E-state index is 0.140. The number of fused-ring (bicyclic) bond motifs is 2. The molecule has 4 nitrogen and oxygen atoms in total. The van der Waals surface area contributed by atoms with Gasteiger partial charge < -0.3 is 9.64 Å². The maximum absolute atomic E-state index is 11.4. The van der Waals surface area contributed by atoms with E-state index in [9.17, 15) is 4.79 Å². The van der Waals surface area contributed by atoms with E-state index in [-0.39, 0.29) is 11.7 Å². The lowest BCUT2D eigenvalue weighted by Gasteiger charge is -2.49. The molecule has 1 spiro atoms. The van der Waals surface area contributed by atoms with Crippen molar-refractivity contribution in [3.05, 3.63) is 0 Å². The van der Waals surface area contributed by atoms with Crippen molar-refractivity contribution in [2.45, 2.75) is 18.4 Å². The molecule has 0 unspecified atom stereocenters. The molecule has 1 amide bonds. The first-order valence-corrected chi connectivity index (χ1v) is 5.36. The number of piperidine rings is 3. The Balaban J connectivity index is 1.87. The van der Waals surface area contributed by atoms with Crippen LogP contribution in [0.25, 0.3) is 0 Å². The molecule has 4 fully saturated rings. The normalized spacial score (nSPS) is 46.1. The van der Waals surface area contributed by atoms with Crippen molar-refractivity contribution >= 4 is 6.09 Å². The molecule has 14 heavy (non-hydrogen) atoms. The van der Waals surface area contributed by atoms with Crippen LogP contribution in [0.1, 0.15) is 12.8 Å². The molecule has 4 heterocycles. The van der Waals surface area contributed by atoms with Gasteiger partial charge in [-0.15, -0.1) is 0 Å². The maximum Gasteiger partial charge on any atom is 0.410 e. The van der Waals surface area contributed by atoms with Gasteiger partial charge in [0.2, 0.25) is 0 Å². The molecule has 0 saturated carbocycles. The fourth-order valence-electron chi connectivity index (χ4n) is 3.17. The van der Waals surface area contributed by atoms with E-state index in [1.807, 2.05) is 7.05 Å². The molecule has 0 aromatic carbocycles. The lowest BCUT2D eigenvalue weighted by atomic mass is 9.75. The molecule has 1 atom stereocenters. The summed E-state index contributed by atoms with van der Waals surface area (Å²) in [5, 5.41) is 0. The van der Waals surface area contributed by atoms with Gasteiger partial charge in [0.25, 0.3) is 0 Å². The van der Waals surface area contributed by atoms with Crippen molar-refractivity contribution in [3.63, 3.8) is 0 Å². The summed E-state index contributed by atoms with van der Waals surface area (Å²) in [6, 6.07) is 0. The Labute approximate surface area is 83.8 Å². The van der Waals surface area contributed by atoms with Gasteiger partial charge in [-0.05, 0) is 25.9 Å². The summed E-state index contributed by atoms with van der Waals surface area (Å²) in [6.45, 7) is 4.11. The molecule has 4 heteroatoms. The molecule has 0 radical (unpaired) electrons. The van der Waals surface area contributed by atoms with E-state index in [4.69, 9.17) is 4.74 Å². The third-order valence-corrected chi connectivity index (χ3v) is 3.93. The lowest BCUT2D eigenvalue weighted by molar-refractivity contribution is -0.0890. The number of likely N-dealkylation sites (N-methyl/N-ethyl adjacent to an activating group) is 1. The van der Waals surface area contributed by atoms with Gasteiger partial charge in [0.05, 0.1) is 6.54 Å². The van der Waals surface area contributed by atoms with Gasteiger partial charge >= 0.3 is 6.09 Å². The first-order chi connectivity index (χ1) is 6.70. The molecule has 2 bridgehead atoms. The van der Waals surface area contributed by atoms with Crippen molar-refractivity contribution in [2.75, 3.05) is 33.2 Å². The zero-order valence-corrected chi connectivity index (χ0v) is 8.53. The zero-order chi connectivity index (χ0) is 9.76. The lowest BCUT2D eigenvalue weighted by Crippen LogP contribution is -2.60. The molecular weight excluding hydrogens is 180 g/mol. The number of rotatable bonds is 0. The SMILES string of the molecule is CN1C[C@@]2(CN3CCC2CC3)OC1=O. The standard InChI is InChI=1S/C10H16N2O2/c1-11-6-10(14-9(11)13)7-12-4-2-8(10)3-5-12/h8H,2-7H2,1H3/t10-/m0/s1. The Morgan fingerprint density at radius 2 is 2.07 bits per heavy atom. The molecule has 4 saturated heterocycles. The highest BCUT2D eigenvalue weighted by Crippen LogP contribution is 2.41. The van der Waals surface area contributed by atoms with Gasteiger partial charge in [0, 0.05) is 19.5 Å². The Hall–Kier alpha value is -0.770. The molecule has 0 aliphatic carbocycles. The molecule has 78 valence electrons. The fourth-order valence-corrected chi connectivity index (χ4v) is 3.17. The number of carbonyl (C=O) groups is 1. The van der Waals surface area contributed by atoms with Crippen LogP contribution in [0.4, 0.5) is 4.79 Å². The summed E-state index contributed by atoms with van der Waals surface area (Å²) in [4.78, 5) is 15.5. The Bertz CT molecular complexity index is 273. The summed E-state index contributed by atoms with van der Waals surface area (Å²) in [5.41, 5.74) is -0.164. The van der Waals surface area contributed by atoms with E-state index in [1.165, 1.54) is 25.9 Å². The molecule has 4 aliphatic heterocycles. The van der Waals surface area contributed by atoms with Crippen LogP contribution in [0.15, 0.2) is 0 Å². The first kappa shape index (κ1) is 8.53. The second-order valence-electron chi connectivity index (χ2n) is 4.84. The van der Waals surface area contributed by atoms with Crippen LogP contribution in [-0.4, -0.2) is 54.7 Å². The minimum atomic E-state index is -0.164. The molecule has 0 N–H and O–H groups in total. The van der Waals surface area contributed by atoms with Crippen LogP contribution in [0.3, 0.4) is 0 Å². The van der Waals surface area contributed by atoms with Crippen LogP contribution in [-0.2, 0) is 4.74 Å². The average Bonchev–Trinajstić information content (AvgIpc) is 2.43. The largest absolute Gasteiger partial charge is 0.439 e. The quantitative estimate of drug-likeness (QED) is 0.566. The predicted molar refractivity (Wildman–Crippen MR) is 51.0 cm³/mol. The zero-order valence-electron chi connectivity index (χ0n) is 8.53. The molecule has 4 rings (SSSR count). The van der Waals surface area contributed by atoms with Crippen LogP contribution < -0.4 is 0 Å². The number of ether oxygens (including phenoxy) is 1. The number of nitrogens with zero attached hydrogens (tertiary/aromatic N) is 2. The Morgan fingerprint density at radius 1 is 1.36 bits per heavy atom. The summed E-state index contributed by atoms with van der Waals surface area (Å²) >= 11 is 0. The van der Waals surface area contributed by atoms with E-state index in [0.29, 0.717) is 5.92 Å². The maximum atomic E-state index is 11.4. The van der Waals surface area contributed by atoms with Crippen molar-refractivity contribution in [3.8, 4) is 0 Å². The van der Waals surface area contributed by atoms with Gasteiger partial charge in [0.15, 0.2) is 0 Å². The number of hydrogen-bond acceptors (Lipinski definition) is 3. The molecular formula is C10H16N2O2. The third kappa shape index (κ3) is 1.00. The fraction of sp³-hybridized carbons (Fsp3) is 0.900. The van der Waals surface area contributed by atoms with E-state index in [2.05, 4.69) is 4.90 Å². The van der Waals surface area contributed by atoms with Crippen LogP contribution in [0, 0.1) is 5.92 Å². The highest BCUT2D eigenvalue weighted by atomic mass is 16.6. The van der Waals surface area contributed by atoms with E-state index in [0.717, 1.165) is 13.1 Å². The summed E-state index contributed by atoms with van der Waals surface area (Å²) < 4.78 is 5.58. The van der Waals surface area contributed by atoms with Gasteiger partial charge in [0.1, 0.15) is 5.60 Å². The molecule has 0 aromatic heterocycles. The van der Waals surface area contributed by atoms with Gasteiger partial charge in [-0.25, -0.2) is 4.79 Å².